The minimum atomic E-state index is -5.27. The molecule has 0 saturated carbocycles. The molecule has 0 saturated heterocycles. The van der Waals surface area contributed by atoms with Crippen molar-refractivity contribution in [2.45, 2.75) is 17.5 Å². The van der Waals surface area contributed by atoms with Crippen molar-refractivity contribution < 1.29 is 30.4 Å². The van der Waals surface area contributed by atoms with Crippen LogP contribution in [0, 0.1) is 0 Å². The summed E-state index contributed by atoms with van der Waals surface area (Å²) >= 11 is 0. The molecule has 1 rings (SSSR count). The third-order valence-electron chi connectivity index (χ3n) is 1.77. The van der Waals surface area contributed by atoms with Crippen LogP contribution in [-0.2, 0) is 16.2 Å². The van der Waals surface area contributed by atoms with E-state index >= 15 is 0 Å². The van der Waals surface area contributed by atoms with Gasteiger partial charge in [-0.15, -0.1) is 0 Å². The summed E-state index contributed by atoms with van der Waals surface area (Å²) in [6.45, 7) is 0. The molecule has 17 heavy (non-hydrogen) atoms. The standard InChI is InChI=1S/C7H5F5N2O2S/c8-6(9)3-1-14-2-4(17(13,15)16)5(3)7(10,11)12/h1-2,6H,(H2,13,15,16). The van der Waals surface area contributed by atoms with Gasteiger partial charge in [-0.3, -0.25) is 4.98 Å². The average molecular weight is 276 g/mol. The SMILES string of the molecule is NS(=O)(=O)c1cncc(C(F)F)c1C(F)(F)F. The second kappa shape index (κ2) is 4.18. The van der Waals surface area contributed by atoms with E-state index in [0.717, 1.165) is 0 Å². The molecule has 1 aromatic rings. The van der Waals surface area contributed by atoms with Gasteiger partial charge in [-0.25, -0.2) is 22.3 Å². The van der Waals surface area contributed by atoms with Crippen molar-refractivity contribution in [3.8, 4) is 0 Å². The first-order chi connectivity index (χ1) is 7.55. The summed E-state index contributed by atoms with van der Waals surface area (Å²) in [6.07, 6.45) is -8.25. The molecule has 0 unspecified atom stereocenters. The highest BCUT2D eigenvalue weighted by molar-refractivity contribution is 7.89. The Labute approximate surface area is 92.3 Å². The van der Waals surface area contributed by atoms with Gasteiger partial charge in [0.1, 0.15) is 4.90 Å². The summed E-state index contributed by atoms with van der Waals surface area (Å²) < 4.78 is 84.0. The maximum Gasteiger partial charge on any atom is 0.418 e. The lowest BCUT2D eigenvalue weighted by atomic mass is 10.1. The minimum absolute atomic E-state index is 0.252. The molecule has 2 N–H and O–H groups in total. The largest absolute Gasteiger partial charge is 0.418 e. The Bertz CT molecular complexity index is 526. The quantitative estimate of drug-likeness (QED) is 0.835. The van der Waals surface area contributed by atoms with E-state index in [-0.39, 0.29) is 12.4 Å². The third-order valence-corrected chi connectivity index (χ3v) is 2.69. The van der Waals surface area contributed by atoms with Crippen LogP contribution in [0.1, 0.15) is 17.6 Å². The summed E-state index contributed by atoms with van der Waals surface area (Å²) in [5, 5.41) is 4.51. The van der Waals surface area contributed by atoms with Crippen molar-refractivity contribution in [1.29, 1.82) is 0 Å². The van der Waals surface area contributed by atoms with Crippen LogP contribution in [0.4, 0.5) is 22.0 Å². The third kappa shape index (κ3) is 2.88. The van der Waals surface area contributed by atoms with Crippen LogP contribution >= 0.6 is 0 Å². The number of nitrogens with two attached hydrogens (primary N) is 1. The Morgan fingerprint density at radius 1 is 1.24 bits per heavy atom. The fourth-order valence-corrected chi connectivity index (χ4v) is 1.87. The Balaban J connectivity index is 3.70. The number of hydrogen-bond donors (Lipinski definition) is 1. The molecule has 96 valence electrons. The zero-order valence-electron chi connectivity index (χ0n) is 7.87. The molecule has 10 heteroatoms. The number of alkyl halides is 5. The first kappa shape index (κ1) is 13.8. The van der Waals surface area contributed by atoms with Gasteiger partial charge in [0.2, 0.25) is 10.0 Å². The van der Waals surface area contributed by atoms with Crippen molar-refractivity contribution in [1.82, 2.24) is 4.98 Å². The lowest BCUT2D eigenvalue weighted by molar-refractivity contribution is -0.142. The van der Waals surface area contributed by atoms with Crippen LogP contribution in [0.2, 0.25) is 0 Å². The van der Waals surface area contributed by atoms with Crippen LogP contribution in [0.25, 0.3) is 0 Å². The van der Waals surface area contributed by atoms with E-state index in [4.69, 9.17) is 0 Å². The highest BCUT2D eigenvalue weighted by atomic mass is 32.2. The lowest BCUT2D eigenvalue weighted by Crippen LogP contribution is -2.21. The Kier molecular flexibility index (Phi) is 3.39. The maximum atomic E-state index is 12.5. The first-order valence-corrected chi connectivity index (χ1v) is 5.46. The molecule has 0 fully saturated rings. The van der Waals surface area contributed by atoms with E-state index in [9.17, 15) is 30.4 Å². The topological polar surface area (TPSA) is 73.1 Å². The Morgan fingerprint density at radius 3 is 2.12 bits per heavy atom. The molecule has 0 aliphatic carbocycles. The summed E-state index contributed by atoms with van der Waals surface area (Å²) in [5.41, 5.74) is -3.51. The normalized spacial score (nSPS) is 13.1. The molecule has 0 amide bonds. The molecular weight excluding hydrogens is 271 g/mol. The molecule has 0 spiro atoms. The molecular formula is C7H5F5N2O2S. The number of aromatic nitrogens is 1. The van der Waals surface area contributed by atoms with Gasteiger partial charge in [0.25, 0.3) is 6.43 Å². The molecule has 0 atom stereocenters. The van der Waals surface area contributed by atoms with Gasteiger partial charge in [0.05, 0.1) is 5.56 Å². The van der Waals surface area contributed by atoms with E-state index < -0.39 is 38.6 Å². The minimum Gasteiger partial charge on any atom is -0.263 e. The zero-order valence-corrected chi connectivity index (χ0v) is 8.69. The van der Waals surface area contributed by atoms with Gasteiger partial charge in [-0.05, 0) is 0 Å². The van der Waals surface area contributed by atoms with Crippen molar-refractivity contribution in [3.63, 3.8) is 0 Å². The van der Waals surface area contributed by atoms with Gasteiger partial charge < -0.3 is 0 Å². The number of pyridine rings is 1. The summed E-state index contributed by atoms with van der Waals surface area (Å²) in [5.74, 6) is 0. The second-order valence-electron chi connectivity index (χ2n) is 2.95. The average Bonchev–Trinajstić information content (AvgIpc) is 2.13. The van der Waals surface area contributed by atoms with Crippen LogP contribution in [0.3, 0.4) is 0 Å². The van der Waals surface area contributed by atoms with Gasteiger partial charge in [-0.1, -0.05) is 0 Å². The summed E-state index contributed by atoms with van der Waals surface area (Å²) in [4.78, 5) is 1.54. The number of nitrogens with zero attached hydrogens (tertiary/aromatic N) is 1. The van der Waals surface area contributed by atoms with E-state index in [1.54, 1.807) is 0 Å². The highest BCUT2D eigenvalue weighted by Gasteiger charge is 2.41. The number of halogens is 5. The highest BCUT2D eigenvalue weighted by Crippen LogP contribution is 2.39. The predicted molar refractivity (Wildman–Crippen MR) is 45.6 cm³/mol. The molecule has 0 aromatic carbocycles. The molecule has 0 aliphatic rings. The van der Waals surface area contributed by atoms with Crippen LogP contribution in [-0.4, -0.2) is 13.4 Å². The number of primary sulfonamides is 1. The molecule has 0 radical (unpaired) electrons. The van der Waals surface area contributed by atoms with E-state index in [1.807, 2.05) is 0 Å². The predicted octanol–water partition coefficient (Wildman–Crippen LogP) is 1.69. The summed E-state index contributed by atoms with van der Waals surface area (Å²) in [7, 11) is -4.79. The van der Waals surface area contributed by atoms with Gasteiger partial charge >= 0.3 is 6.18 Å². The fourth-order valence-electron chi connectivity index (χ4n) is 1.14. The van der Waals surface area contributed by atoms with Crippen molar-refractivity contribution in [2.75, 3.05) is 0 Å². The number of sulfonamides is 1. The van der Waals surface area contributed by atoms with Gasteiger partial charge in [-0.2, -0.15) is 13.2 Å². The van der Waals surface area contributed by atoms with E-state index in [0.29, 0.717) is 0 Å². The summed E-state index contributed by atoms with van der Waals surface area (Å²) in [6, 6.07) is 0. The lowest BCUT2D eigenvalue weighted by Gasteiger charge is -2.14. The van der Waals surface area contributed by atoms with Crippen LogP contribution in [0.5, 0.6) is 0 Å². The fraction of sp³-hybridized carbons (Fsp3) is 0.286. The molecule has 4 nitrogen and oxygen atoms in total. The van der Waals surface area contributed by atoms with E-state index in [2.05, 4.69) is 10.1 Å². The zero-order chi connectivity index (χ0) is 13.4. The Morgan fingerprint density at radius 2 is 1.76 bits per heavy atom. The van der Waals surface area contributed by atoms with Gasteiger partial charge in [0.15, 0.2) is 0 Å². The first-order valence-electron chi connectivity index (χ1n) is 3.91. The van der Waals surface area contributed by atoms with Crippen molar-refractivity contribution in [2.24, 2.45) is 5.14 Å². The monoisotopic (exact) mass is 276 g/mol. The second-order valence-corrected chi connectivity index (χ2v) is 4.48. The van der Waals surface area contributed by atoms with Crippen LogP contribution in [0.15, 0.2) is 17.3 Å². The number of rotatable bonds is 2. The smallest absolute Gasteiger partial charge is 0.263 e. The molecule has 0 bridgehead atoms. The molecule has 1 aromatic heterocycles. The maximum absolute atomic E-state index is 12.5. The molecule has 1 heterocycles. The van der Waals surface area contributed by atoms with Crippen molar-refractivity contribution >= 4 is 10.0 Å². The Hall–Kier alpha value is -1.29. The van der Waals surface area contributed by atoms with Gasteiger partial charge in [0, 0.05) is 18.0 Å². The van der Waals surface area contributed by atoms with Crippen LogP contribution < -0.4 is 5.14 Å². The van der Waals surface area contributed by atoms with Crippen molar-refractivity contribution in [3.05, 3.63) is 23.5 Å². The number of hydrogen-bond acceptors (Lipinski definition) is 3. The van der Waals surface area contributed by atoms with E-state index in [1.165, 1.54) is 0 Å². The molecule has 0 aliphatic heterocycles.